The van der Waals surface area contributed by atoms with Gasteiger partial charge in [0.05, 0.1) is 7.11 Å². The molecule has 5 heteroatoms. The van der Waals surface area contributed by atoms with E-state index in [9.17, 15) is 4.79 Å². The van der Waals surface area contributed by atoms with Gasteiger partial charge < -0.3 is 14.4 Å². The smallest absolute Gasteiger partial charge is 0.226 e. The molecule has 26 heavy (non-hydrogen) atoms. The highest BCUT2D eigenvalue weighted by atomic mass is 32.2. The Morgan fingerprint density at radius 2 is 1.96 bits per heavy atom. The van der Waals surface area contributed by atoms with Crippen molar-refractivity contribution in [2.75, 3.05) is 19.4 Å². The SMILES string of the molecule is COc1ccc([C@@H]2SCCN2C(=O)C(C)C)cc1OCc1ccccc1. The van der Waals surface area contributed by atoms with Crippen molar-refractivity contribution in [3.63, 3.8) is 0 Å². The van der Waals surface area contributed by atoms with Crippen molar-refractivity contribution >= 4 is 17.7 Å². The van der Waals surface area contributed by atoms with Gasteiger partial charge in [-0.05, 0) is 23.3 Å². The van der Waals surface area contributed by atoms with Crippen LogP contribution in [0.3, 0.4) is 0 Å². The first-order valence-corrected chi connectivity index (χ1v) is 9.91. The van der Waals surface area contributed by atoms with Gasteiger partial charge in [-0.3, -0.25) is 4.79 Å². The molecule has 1 fully saturated rings. The number of carbonyl (C=O) groups is 1. The van der Waals surface area contributed by atoms with Crippen LogP contribution in [0.25, 0.3) is 0 Å². The van der Waals surface area contributed by atoms with Gasteiger partial charge in [0, 0.05) is 18.2 Å². The predicted molar refractivity (Wildman–Crippen MR) is 106 cm³/mol. The zero-order valence-electron chi connectivity index (χ0n) is 15.5. The second-order valence-electron chi connectivity index (χ2n) is 6.59. The summed E-state index contributed by atoms with van der Waals surface area (Å²) in [7, 11) is 1.64. The lowest BCUT2D eigenvalue weighted by Crippen LogP contribution is -2.33. The molecule has 0 unspecified atom stereocenters. The molecule has 138 valence electrons. The van der Waals surface area contributed by atoms with Gasteiger partial charge in [0.25, 0.3) is 0 Å². The summed E-state index contributed by atoms with van der Waals surface area (Å²) in [6, 6.07) is 16.0. The fourth-order valence-electron chi connectivity index (χ4n) is 3.00. The minimum atomic E-state index is 0.00301. The number of hydrogen-bond donors (Lipinski definition) is 0. The first-order valence-electron chi connectivity index (χ1n) is 8.87. The second-order valence-corrected chi connectivity index (χ2v) is 7.78. The molecule has 0 aliphatic carbocycles. The summed E-state index contributed by atoms with van der Waals surface area (Å²) in [6.07, 6.45) is 0. The summed E-state index contributed by atoms with van der Waals surface area (Å²) in [5, 5.41) is 0.0369. The van der Waals surface area contributed by atoms with Gasteiger partial charge in [0.2, 0.25) is 5.91 Å². The number of nitrogens with zero attached hydrogens (tertiary/aromatic N) is 1. The molecular formula is C21H25NO3S. The van der Waals surface area contributed by atoms with Crippen molar-refractivity contribution in [1.82, 2.24) is 4.90 Å². The van der Waals surface area contributed by atoms with Gasteiger partial charge in [0.1, 0.15) is 12.0 Å². The fraction of sp³-hybridized carbons (Fsp3) is 0.381. The minimum Gasteiger partial charge on any atom is -0.493 e. The van der Waals surface area contributed by atoms with Gasteiger partial charge in [-0.1, -0.05) is 50.2 Å². The van der Waals surface area contributed by atoms with Gasteiger partial charge in [-0.15, -0.1) is 11.8 Å². The van der Waals surface area contributed by atoms with Crippen LogP contribution in [0.2, 0.25) is 0 Å². The Morgan fingerprint density at radius 1 is 1.19 bits per heavy atom. The van der Waals surface area contributed by atoms with Crippen LogP contribution >= 0.6 is 11.8 Å². The molecule has 0 aromatic heterocycles. The highest BCUT2D eigenvalue weighted by molar-refractivity contribution is 7.99. The quantitative estimate of drug-likeness (QED) is 0.749. The number of amides is 1. The molecule has 0 N–H and O–H groups in total. The van der Waals surface area contributed by atoms with Gasteiger partial charge >= 0.3 is 0 Å². The predicted octanol–water partition coefficient (Wildman–Crippen LogP) is 4.50. The zero-order chi connectivity index (χ0) is 18.5. The highest BCUT2D eigenvalue weighted by Gasteiger charge is 2.32. The van der Waals surface area contributed by atoms with Crippen LogP contribution in [0.1, 0.15) is 30.3 Å². The Balaban J connectivity index is 1.81. The molecule has 1 heterocycles. The molecule has 1 aliphatic heterocycles. The molecule has 1 amide bonds. The number of ether oxygens (including phenoxy) is 2. The second kappa shape index (κ2) is 8.49. The van der Waals surface area contributed by atoms with Crippen molar-refractivity contribution in [3.8, 4) is 11.5 Å². The molecule has 3 rings (SSSR count). The van der Waals surface area contributed by atoms with Gasteiger partial charge in [-0.2, -0.15) is 0 Å². The van der Waals surface area contributed by atoms with E-state index in [-0.39, 0.29) is 17.2 Å². The van der Waals surface area contributed by atoms with E-state index in [1.807, 2.05) is 67.3 Å². The molecule has 1 saturated heterocycles. The zero-order valence-corrected chi connectivity index (χ0v) is 16.3. The van der Waals surface area contributed by atoms with Crippen LogP contribution in [0.15, 0.2) is 48.5 Å². The molecule has 0 bridgehead atoms. The largest absolute Gasteiger partial charge is 0.493 e. The Kier molecular flexibility index (Phi) is 6.09. The molecule has 0 saturated carbocycles. The maximum absolute atomic E-state index is 12.5. The lowest BCUT2D eigenvalue weighted by molar-refractivity contribution is -0.134. The Labute approximate surface area is 159 Å². The third kappa shape index (κ3) is 4.15. The summed E-state index contributed by atoms with van der Waals surface area (Å²) in [5.74, 6) is 2.56. The van der Waals surface area contributed by atoms with E-state index in [4.69, 9.17) is 9.47 Å². The molecular weight excluding hydrogens is 346 g/mol. The van der Waals surface area contributed by atoms with Crippen molar-refractivity contribution < 1.29 is 14.3 Å². The van der Waals surface area contributed by atoms with Crippen LogP contribution in [-0.4, -0.2) is 30.2 Å². The number of carbonyl (C=O) groups excluding carboxylic acids is 1. The lowest BCUT2D eigenvalue weighted by atomic mass is 10.1. The maximum atomic E-state index is 12.5. The summed E-state index contributed by atoms with van der Waals surface area (Å²) in [6.45, 7) is 5.17. The van der Waals surface area contributed by atoms with E-state index in [1.54, 1.807) is 18.9 Å². The molecule has 4 nitrogen and oxygen atoms in total. The number of thioether (sulfide) groups is 1. The highest BCUT2D eigenvalue weighted by Crippen LogP contribution is 2.41. The van der Waals surface area contributed by atoms with Crippen molar-refractivity contribution in [1.29, 1.82) is 0 Å². The van der Waals surface area contributed by atoms with E-state index < -0.39 is 0 Å². The number of methoxy groups -OCH3 is 1. The van der Waals surface area contributed by atoms with E-state index in [2.05, 4.69) is 0 Å². The van der Waals surface area contributed by atoms with Crippen molar-refractivity contribution in [2.45, 2.75) is 25.8 Å². The van der Waals surface area contributed by atoms with Gasteiger partial charge in [0.15, 0.2) is 11.5 Å². The Hall–Kier alpha value is -2.14. The molecule has 2 aromatic carbocycles. The van der Waals surface area contributed by atoms with E-state index >= 15 is 0 Å². The maximum Gasteiger partial charge on any atom is 0.226 e. The molecule has 0 radical (unpaired) electrons. The number of hydrogen-bond acceptors (Lipinski definition) is 4. The first-order chi connectivity index (χ1) is 12.6. The fourth-order valence-corrected chi connectivity index (χ4v) is 4.25. The van der Waals surface area contributed by atoms with Crippen molar-refractivity contribution in [3.05, 3.63) is 59.7 Å². The van der Waals surface area contributed by atoms with E-state index in [0.29, 0.717) is 18.1 Å². The number of rotatable bonds is 6. The van der Waals surface area contributed by atoms with E-state index in [1.165, 1.54) is 0 Å². The lowest BCUT2D eigenvalue weighted by Gasteiger charge is -2.26. The molecule has 2 aromatic rings. The molecule has 0 spiro atoms. The Bertz CT molecular complexity index is 748. The average Bonchev–Trinajstić information content (AvgIpc) is 3.16. The summed E-state index contributed by atoms with van der Waals surface area (Å²) < 4.78 is 11.5. The monoisotopic (exact) mass is 371 g/mol. The van der Waals surface area contributed by atoms with Crippen LogP contribution in [-0.2, 0) is 11.4 Å². The minimum absolute atomic E-state index is 0.00301. The summed E-state index contributed by atoms with van der Waals surface area (Å²) in [5.41, 5.74) is 2.18. The first kappa shape index (κ1) is 18.6. The molecule has 1 atom stereocenters. The van der Waals surface area contributed by atoms with Crippen LogP contribution in [0, 0.1) is 5.92 Å². The van der Waals surface area contributed by atoms with Gasteiger partial charge in [-0.25, -0.2) is 0 Å². The third-order valence-electron chi connectivity index (χ3n) is 4.38. The Morgan fingerprint density at radius 3 is 2.65 bits per heavy atom. The van der Waals surface area contributed by atoms with Crippen LogP contribution in [0.4, 0.5) is 0 Å². The number of benzene rings is 2. The summed E-state index contributed by atoms with van der Waals surface area (Å²) >= 11 is 1.79. The van der Waals surface area contributed by atoms with Crippen LogP contribution in [0.5, 0.6) is 11.5 Å². The third-order valence-corrected chi connectivity index (χ3v) is 5.64. The average molecular weight is 372 g/mol. The normalized spacial score (nSPS) is 16.8. The standard InChI is InChI=1S/C21H25NO3S/c1-15(2)20(23)22-11-12-26-21(22)17-9-10-18(24-3)19(13-17)25-14-16-7-5-4-6-8-16/h4-10,13,15,21H,11-12,14H2,1-3H3/t21-/m0/s1. The van der Waals surface area contributed by atoms with Crippen molar-refractivity contribution in [2.24, 2.45) is 5.92 Å². The summed E-state index contributed by atoms with van der Waals surface area (Å²) in [4.78, 5) is 14.5. The topological polar surface area (TPSA) is 38.8 Å². The molecule has 1 aliphatic rings. The van der Waals surface area contributed by atoms with Crippen LogP contribution < -0.4 is 9.47 Å². The van der Waals surface area contributed by atoms with E-state index in [0.717, 1.165) is 23.4 Å².